The van der Waals surface area contributed by atoms with Crippen molar-refractivity contribution < 1.29 is 4.79 Å². The molecule has 1 saturated heterocycles. The summed E-state index contributed by atoms with van der Waals surface area (Å²) in [4.78, 5) is 15.3. The van der Waals surface area contributed by atoms with Gasteiger partial charge in [-0.1, -0.05) is 65.3 Å². The van der Waals surface area contributed by atoms with Gasteiger partial charge in [-0.3, -0.25) is 4.79 Å². The van der Waals surface area contributed by atoms with E-state index in [2.05, 4.69) is 4.90 Å². The van der Waals surface area contributed by atoms with Crippen molar-refractivity contribution in [3.63, 3.8) is 0 Å². The Hall–Kier alpha value is -1.22. The Morgan fingerprint density at radius 1 is 0.909 bits per heavy atom. The van der Waals surface area contributed by atoms with Gasteiger partial charge in [-0.05, 0) is 12.1 Å². The Kier molecular flexibility index (Phi) is 15.4. The number of hydrogen-bond donors (Lipinski definition) is 0. The highest BCUT2D eigenvalue weighted by Gasteiger charge is 2.19. The van der Waals surface area contributed by atoms with Crippen LogP contribution in [0.2, 0.25) is 5.02 Å². The average Bonchev–Trinajstić information content (AvgIpc) is 2.61. The van der Waals surface area contributed by atoms with E-state index >= 15 is 0 Å². The van der Waals surface area contributed by atoms with E-state index in [0.717, 1.165) is 36.9 Å². The van der Waals surface area contributed by atoms with Gasteiger partial charge in [0.2, 0.25) is 5.91 Å². The van der Waals surface area contributed by atoms with Gasteiger partial charge in [0, 0.05) is 33.1 Å². The number of benzene rings is 1. The molecule has 0 aromatic heterocycles. The molecule has 0 radical (unpaired) electrons. The average molecular weight is 329 g/mol. The van der Waals surface area contributed by atoms with E-state index in [0.29, 0.717) is 0 Å². The Bertz CT molecular complexity index is 388. The Balaban J connectivity index is 0. The number of carbonyl (C=O) groups excluding carboxylic acids is 1. The number of halogens is 1. The fourth-order valence-electron chi connectivity index (χ4n) is 1.97. The third-order valence-electron chi connectivity index (χ3n) is 2.92. The number of para-hydroxylation sites is 1. The Labute approximate surface area is 142 Å². The second-order valence-corrected chi connectivity index (χ2v) is 4.35. The SMILES string of the molecule is CC.CC.CC.CC(=O)N1CCN(c2ccccc2Cl)CC1. The van der Waals surface area contributed by atoms with Crippen LogP contribution in [0.3, 0.4) is 0 Å². The van der Waals surface area contributed by atoms with Gasteiger partial charge in [0.25, 0.3) is 0 Å². The molecule has 1 heterocycles. The van der Waals surface area contributed by atoms with Crippen LogP contribution < -0.4 is 4.90 Å². The van der Waals surface area contributed by atoms with Crippen LogP contribution in [0.1, 0.15) is 48.5 Å². The number of rotatable bonds is 1. The molecule has 1 aliphatic heterocycles. The number of piperazine rings is 1. The molecule has 1 aromatic carbocycles. The molecule has 0 aliphatic carbocycles. The van der Waals surface area contributed by atoms with Gasteiger partial charge in [0.15, 0.2) is 0 Å². The standard InChI is InChI=1S/C12H15ClN2O.3C2H6/c1-10(16)14-6-8-15(9-7-14)12-5-3-2-4-11(12)13;3*1-2/h2-5H,6-9H2,1H3;3*1-2H3. The van der Waals surface area contributed by atoms with Gasteiger partial charge in [0.1, 0.15) is 0 Å². The van der Waals surface area contributed by atoms with Gasteiger partial charge in [-0.15, -0.1) is 0 Å². The van der Waals surface area contributed by atoms with Gasteiger partial charge < -0.3 is 9.80 Å². The second-order valence-electron chi connectivity index (χ2n) is 3.94. The fraction of sp³-hybridized carbons (Fsp3) is 0.611. The zero-order chi connectivity index (χ0) is 17.5. The molecule has 1 aromatic rings. The van der Waals surface area contributed by atoms with Gasteiger partial charge in [-0.25, -0.2) is 0 Å². The molecule has 2 rings (SSSR count). The Morgan fingerprint density at radius 3 is 1.77 bits per heavy atom. The van der Waals surface area contributed by atoms with Gasteiger partial charge in [0.05, 0.1) is 10.7 Å². The molecular weight excluding hydrogens is 296 g/mol. The van der Waals surface area contributed by atoms with Crippen LogP contribution in [0.4, 0.5) is 5.69 Å². The summed E-state index contributed by atoms with van der Waals surface area (Å²) in [5.74, 6) is 0.152. The lowest BCUT2D eigenvalue weighted by molar-refractivity contribution is -0.129. The number of anilines is 1. The van der Waals surface area contributed by atoms with Crippen LogP contribution in [0.5, 0.6) is 0 Å². The highest BCUT2D eigenvalue weighted by Crippen LogP contribution is 2.25. The van der Waals surface area contributed by atoms with Crippen molar-refractivity contribution >= 4 is 23.2 Å². The van der Waals surface area contributed by atoms with E-state index in [9.17, 15) is 4.79 Å². The van der Waals surface area contributed by atoms with Crippen LogP contribution in [0, 0.1) is 0 Å². The first-order chi connectivity index (χ1) is 10.7. The third-order valence-corrected chi connectivity index (χ3v) is 3.24. The van der Waals surface area contributed by atoms with Crippen LogP contribution in [-0.4, -0.2) is 37.0 Å². The van der Waals surface area contributed by atoms with Crippen LogP contribution in [-0.2, 0) is 4.79 Å². The predicted octanol–water partition coefficient (Wildman–Crippen LogP) is 5.09. The normalized spacial score (nSPS) is 12.7. The number of nitrogens with zero attached hydrogens (tertiary/aromatic N) is 2. The molecule has 128 valence electrons. The lowest BCUT2D eigenvalue weighted by Gasteiger charge is -2.36. The highest BCUT2D eigenvalue weighted by molar-refractivity contribution is 6.33. The monoisotopic (exact) mass is 328 g/mol. The van der Waals surface area contributed by atoms with E-state index in [4.69, 9.17) is 11.6 Å². The maximum Gasteiger partial charge on any atom is 0.219 e. The first-order valence-corrected chi connectivity index (χ1v) is 8.81. The van der Waals surface area contributed by atoms with Crippen molar-refractivity contribution in [1.29, 1.82) is 0 Å². The van der Waals surface area contributed by atoms with Crippen molar-refractivity contribution in [3.05, 3.63) is 29.3 Å². The summed E-state index contributed by atoms with van der Waals surface area (Å²) in [5, 5.41) is 0.777. The summed E-state index contributed by atoms with van der Waals surface area (Å²) in [6.07, 6.45) is 0. The summed E-state index contributed by atoms with van der Waals surface area (Å²) in [7, 11) is 0. The van der Waals surface area contributed by atoms with E-state index < -0.39 is 0 Å². The first kappa shape index (κ1) is 23.1. The van der Waals surface area contributed by atoms with Crippen LogP contribution in [0.25, 0.3) is 0 Å². The third kappa shape index (κ3) is 7.69. The summed E-state index contributed by atoms with van der Waals surface area (Å²) < 4.78 is 0. The molecule has 1 aliphatic rings. The molecule has 1 fully saturated rings. The highest BCUT2D eigenvalue weighted by atomic mass is 35.5. The van der Waals surface area contributed by atoms with Crippen molar-refractivity contribution in [3.8, 4) is 0 Å². The fourth-order valence-corrected chi connectivity index (χ4v) is 2.23. The smallest absolute Gasteiger partial charge is 0.219 e. The summed E-state index contributed by atoms with van der Waals surface area (Å²) in [6.45, 7) is 16.9. The van der Waals surface area contributed by atoms with E-state index in [1.807, 2.05) is 70.7 Å². The minimum absolute atomic E-state index is 0.152. The molecule has 0 N–H and O–H groups in total. The summed E-state index contributed by atoms with van der Waals surface area (Å²) in [5.41, 5.74) is 1.06. The summed E-state index contributed by atoms with van der Waals surface area (Å²) in [6, 6.07) is 7.83. The maximum absolute atomic E-state index is 11.2. The first-order valence-electron chi connectivity index (χ1n) is 8.43. The summed E-state index contributed by atoms with van der Waals surface area (Å²) >= 11 is 6.13. The molecular formula is C18H33ClN2O. The predicted molar refractivity (Wildman–Crippen MR) is 100.0 cm³/mol. The maximum atomic E-state index is 11.2. The van der Waals surface area contributed by atoms with Crippen molar-refractivity contribution in [2.75, 3.05) is 31.1 Å². The lowest BCUT2D eigenvalue weighted by Crippen LogP contribution is -2.48. The Morgan fingerprint density at radius 2 is 1.36 bits per heavy atom. The largest absolute Gasteiger partial charge is 0.367 e. The number of amides is 1. The molecule has 0 unspecified atom stereocenters. The van der Waals surface area contributed by atoms with Crippen LogP contribution in [0.15, 0.2) is 24.3 Å². The zero-order valence-corrected chi connectivity index (χ0v) is 16.1. The topological polar surface area (TPSA) is 23.6 Å². The van der Waals surface area contributed by atoms with Crippen LogP contribution >= 0.6 is 11.6 Å². The molecule has 0 saturated carbocycles. The molecule has 22 heavy (non-hydrogen) atoms. The molecule has 3 nitrogen and oxygen atoms in total. The molecule has 0 bridgehead atoms. The molecule has 1 amide bonds. The minimum atomic E-state index is 0.152. The van der Waals surface area contributed by atoms with E-state index in [1.54, 1.807) is 6.92 Å². The second kappa shape index (κ2) is 14.7. The number of hydrogen-bond acceptors (Lipinski definition) is 2. The number of carbonyl (C=O) groups is 1. The zero-order valence-electron chi connectivity index (χ0n) is 15.3. The lowest BCUT2D eigenvalue weighted by atomic mass is 10.2. The van der Waals surface area contributed by atoms with Gasteiger partial charge >= 0.3 is 0 Å². The van der Waals surface area contributed by atoms with E-state index in [-0.39, 0.29) is 5.91 Å². The minimum Gasteiger partial charge on any atom is -0.367 e. The van der Waals surface area contributed by atoms with E-state index in [1.165, 1.54) is 0 Å². The van der Waals surface area contributed by atoms with Crippen molar-refractivity contribution in [2.45, 2.75) is 48.5 Å². The molecule has 4 heteroatoms. The quantitative estimate of drug-likeness (QED) is 0.717. The molecule has 0 atom stereocenters. The van der Waals surface area contributed by atoms with Crippen molar-refractivity contribution in [1.82, 2.24) is 4.90 Å². The molecule has 0 spiro atoms. The van der Waals surface area contributed by atoms with Gasteiger partial charge in [-0.2, -0.15) is 0 Å². The van der Waals surface area contributed by atoms with Crippen molar-refractivity contribution in [2.24, 2.45) is 0 Å².